The van der Waals surface area contributed by atoms with Crippen LogP contribution in [0.5, 0.6) is 11.5 Å². The Labute approximate surface area is 146 Å². The van der Waals surface area contributed by atoms with Crippen LogP contribution in [0.25, 0.3) is 0 Å². The molecule has 1 amide bonds. The minimum Gasteiger partial charge on any atom is -0.497 e. The van der Waals surface area contributed by atoms with E-state index in [0.29, 0.717) is 17.3 Å². The van der Waals surface area contributed by atoms with Crippen LogP contribution in [0.15, 0.2) is 52.5 Å². The van der Waals surface area contributed by atoms with Gasteiger partial charge in [0, 0.05) is 10.5 Å². The Morgan fingerprint density at radius 1 is 1.17 bits per heavy atom. The molecule has 2 aromatic rings. The maximum absolute atomic E-state index is 11.8. The van der Waals surface area contributed by atoms with Crippen LogP contribution in [0.4, 0.5) is 0 Å². The molecular weight excluding hydrogens is 324 g/mol. The standard InChI is InChI=1S/C18H20N2O3S/c1-13-4-7-16(8-5-13)24-12-18(21)20-19-11-14-10-15(22-2)6-9-17(14)23-3/h4-11H,12H2,1-3H3,(H,20,21)/b19-11+. The number of hydrogen-bond acceptors (Lipinski definition) is 5. The molecule has 2 rings (SSSR count). The third-order valence-electron chi connectivity index (χ3n) is 3.22. The zero-order chi connectivity index (χ0) is 17.4. The van der Waals surface area contributed by atoms with Gasteiger partial charge < -0.3 is 9.47 Å². The first-order valence-electron chi connectivity index (χ1n) is 7.36. The molecule has 0 aliphatic rings. The number of carbonyl (C=O) groups is 1. The fraction of sp³-hybridized carbons (Fsp3) is 0.222. The predicted molar refractivity (Wildman–Crippen MR) is 97.2 cm³/mol. The Morgan fingerprint density at radius 2 is 1.92 bits per heavy atom. The molecule has 0 bridgehead atoms. The summed E-state index contributed by atoms with van der Waals surface area (Å²) in [5.74, 6) is 1.48. The smallest absolute Gasteiger partial charge is 0.250 e. The summed E-state index contributed by atoms with van der Waals surface area (Å²) in [4.78, 5) is 12.9. The number of hydrogen-bond donors (Lipinski definition) is 1. The molecule has 0 atom stereocenters. The van der Waals surface area contributed by atoms with Crippen molar-refractivity contribution in [3.8, 4) is 11.5 Å². The number of amides is 1. The lowest BCUT2D eigenvalue weighted by atomic mass is 10.2. The fourth-order valence-corrected chi connectivity index (χ4v) is 2.62. The molecule has 0 radical (unpaired) electrons. The van der Waals surface area contributed by atoms with E-state index in [2.05, 4.69) is 10.5 Å². The molecule has 6 heteroatoms. The zero-order valence-electron chi connectivity index (χ0n) is 13.9. The number of carbonyl (C=O) groups excluding carboxylic acids is 1. The Bertz CT molecular complexity index is 715. The molecule has 0 aliphatic carbocycles. The van der Waals surface area contributed by atoms with Gasteiger partial charge in [-0.1, -0.05) is 17.7 Å². The van der Waals surface area contributed by atoms with Gasteiger partial charge in [-0.25, -0.2) is 5.43 Å². The van der Waals surface area contributed by atoms with Crippen molar-refractivity contribution in [1.29, 1.82) is 0 Å². The lowest BCUT2D eigenvalue weighted by molar-refractivity contribution is -0.118. The van der Waals surface area contributed by atoms with Gasteiger partial charge in [0.25, 0.3) is 0 Å². The molecular formula is C18H20N2O3S. The normalized spacial score (nSPS) is 10.6. The monoisotopic (exact) mass is 344 g/mol. The number of ether oxygens (including phenoxy) is 2. The number of nitrogens with one attached hydrogen (secondary N) is 1. The van der Waals surface area contributed by atoms with Crippen LogP contribution in [0.3, 0.4) is 0 Å². The van der Waals surface area contributed by atoms with Crippen molar-refractivity contribution in [2.45, 2.75) is 11.8 Å². The van der Waals surface area contributed by atoms with Crippen LogP contribution in [-0.2, 0) is 4.79 Å². The van der Waals surface area contributed by atoms with E-state index >= 15 is 0 Å². The number of nitrogens with zero attached hydrogens (tertiary/aromatic N) is 1. The molecule has 24 heavy (non-hydrogen) atoms. The summed E-state index contributed by atoms with van der Waals surface area (Å²) in [6, 6.07) is 13.4. The molecule has 0 aliphatic heterocycles. The first-order chi connectivity index (χ1) is 11.6. The average molecular weight is 344 g/mol. The van der Waals surface area contributed by atoms with Gasteiger partial charge in [0.15, 0.2) is 0 Å². The van der Waals surface area contributed by atoms with Crippen molar-refractivity contribution in [2.24, 2.45) is 5.10 Å². The molecule has 1 N–H and O–H groups in total. The summed E-state index contributed by atoms with van der Waals surface area (Å²) in [6.07, 6.45) is 1.54. The molecule has 0 saturated carbocycles. The summed E-state index contributed by atoms with van der Waals surface area (Å²) in [7, 11) is 3.17. The van der Waals surface area contributed by atoms with Crippen molar-refractivity contribution in [3.05, 3.63) is 53.6 Å². The van der Waals surface area contributed by atoms with Crippen LogP contribution in [-0.4, -0.2) is 32.1 Å². The third-order valence-corrected chi connectivity index (χ3v) is 4.23. The van der Waals surface area contributed by atoms with E-state index in [1.807, 2.05) is 31.2 Å². The molecule has 0 aromatic heterocycles. The van der Waals surface area contributed by atoms with Crippen LogP contribution < -0.4 is 14.9 Å². The van der Waals surface area contributed by atoms with Gasteiger partial charge in [-0.05, 0) is 37.3 Å². The minimum absolute atomic E-state index is 0.168. The van der Waals surface area contributed by atoms with Gasteiger partial charge in [-0.2, -0.15) is 5.10 Å². The van der Waals surface area contributed by atoms with Crippen LogP contribution in [0.2, 0.25) is 0 Å². The number of rotatable bonds is 7. The molecule has 0 fully saturated rings. The average Bonchev–Trinajstić information content (AvgIpc) is 2.61. The van der Waals surface area contributed by atoms with E-state index in [1.54, 1.807) is 32.4 Å². The number of aryl methyl sites for hydroxylation is 1. The van der Waals surface area contributed by atoms with E-state index < -0.39 is 0 Å². The number of benzene rings is 2. The largest absolute Gasteiger partial charge is 0.497 e. The lowest BCUT2D eigenvalue weighted by Gasteiger charge is -2.06. The van der Waals surface area contributed by atoms with Crippen LogP contribution >= 0.6 is 11.8 Å². The predicted octanol–water partition coefficient (Wildman–Crippen LogP) is 3.25. The Kier molecular flexibility index (Phi) is 6.69. The molecule has 0 unspecified atom stereocenters. The SMILES string of the molecule is COc1ccc(OC)c(/C=N/NC(=O)CSc2ccc(C)cc2)c1. The maximum Gasteiger partial charge on any atom is 0.250 e. The highest BCUT2D eigenvalue weighted by Gasteiger charge is 2.04. The van der Waals surface area contributed by atoms with E-state index in [1.165, 1.54) is 23.5 Å². The van der Waals surface area contributed by atoms with Crippen molar-refractivity contribution in [2.75, 3.05) is 20.0 Å². The quantitative estimate of drug-likeness (QED) is 0.476. The van der Waals surface area contributed by atoms with E-state index in [-0.39, 0.29) is 5.91 Å². The van der Waals surface area contributed by atoms with E-state index in [0.717, 1.165) is 10.5 Å². The molecule has 0 spiro atoms. The van der Waals surface area contributed by atoms with E-state index in [4.69, 9.17) is 9.47 Å². The Balaban J connectivity index is 1.89. The fourth-order valence-electron chi connectivity index (χ4n) is 1.93. The van der Waals surface area contributed by atoms with Crippen molar-refractivity contribution < 1.29 is 14.3 Å². The van der Waals surface area contributed by atoms with Crippen LogP contribution in [0, 0.1) is 6.92 Å². The second kappa shape index (κ2) is 8.98. The van der Waals surface area contributed by atoms with Gasteiger partial charge >= 0.3 is 0 Å². The summed E-state index contributed by atoms with van der Waals surface area (Å²) in [5.41, 5.74) is 4.44. The highest BCUT2D eigenvalue weighted by atomic mass is 32.2. The van der Waals surface area contributed by atoms with Gasteiger partial charge in [0.2, 0.25) is 5.91 Å². The molecule has 126 valence electrons. The number of hydrazone groups is 1. The second-order valence-electron chi connectivity index (χ2n) is 5.00. The molecule has 2 aromatic carbocycles. The maximum atomic E-state index is 11.8. The zero-order valence-corrected chi connectivity index (χ0v) is 14.7. The highest BCUT2D eigenvalue weighted by Crippen LogP contribution is 2.22. The molecule has 0 heterocycles. The summed E-state index contributed by atoms with van der Waals surface area (Å²) in [5, 5.41) is 3.98. The number of methoxy groups -OCH3 is 2. The molecule has 5 nitrogen and oxygen atoms in total. The first kappa shape index (κ1) is 17.9. The topological polar surface area (TPSA) is 59.9 Å². The van der Waals surface area contributed by atoms with Crippen molar-refractivity contribution in [1.82, 2.24) is 5.43 Å². The second-order valence-corrected chi connectivity index (χ2v) is 6.05. The summed E-state index contributed by atoms with van der Waals surface area (Å²) < 4.78 is 10.4. The van der Waals surface area contributed by atoms with Gasteiger partial charge in [-0.15, -0.1) is 11.8 Å². The van der Waals surface area contributed by atoms with E-state index in [9.17, 15) is 4.79 Å². The Morgan fingerprint density at radius 3 is 2.58 bits per heavy atom. The van der Waals surface area contributed by atoms with Gasteiger partial charge in [0.05, 0.1) is 26.2 Å². The van der Waals surface area contributed by atoms with Crippen LogP contribution in [0.1, 0.15) is 11.1 Å². The number of thioether (sulfide) groups is 1. The van der Waals surface area contributed by atoms with Gasteiger partial charge in [-0.3, -0.25) is 4.79 Å². The summed E-state index contributed by atoms with van der Waals surface area (Å²) >= 11 is 1.47. The third kappa shape index (κ3) is 5.31. The van der Waals surface area contributed by atoms with Crippen molar-refractivity contribution >= 4 is 23.9 Å². The first-order valence-corrected chi connectivity index (χ1v) is 8.34. The highest BCUT2D eigenvalue weighted by molar-refractivity contribution is 8.00. The summed E-state index contributed by atoms with van der Waals surface area (Å²) in [6.45, 7) is 2.03. The van der Waals surface area contributed by atoms with Crippen molar-refractivity contribution in [3.63, 3.8) is 0 Å². The molecule has 0 saturated heterocycles. The van der Waals surface area contributed by atoms with Gasteiger partial charge in [0.1, 0.15) is 11.5 Å². The Hall–Kier alpha value is -2.47. The minimum atomic E-state index is -0.168. The lowest BCUT2D eigenvalue weighted by Crippen LogP contribution is -2.19.